The molecule has 1 aromatic heterocycles. The molecule has 5 nitrogen and oxygen atoms in total. The molecule has 1 aromatic rings. The van der Waals surface area contributed by atoms with E-state index in [1.807, 2.05) is 6.92 Å². The second kappa shape index (κ2) is 6.23. The Hall–Kier alpha value is -1.78. The van der Waals surface area contributed by atoms with Crippen molar-refractivity contribution in [3.05, 3.63) is 23.7 Å². The van der Waals surface area contributed by atoms with Gasteiger partial charge in [0.25, 0.3) is 5.91 Å². The lowest BCUT2D eigenvalue weighted by Crippen LogP contribution is -2.34. The normalized spacial score (nSPS) is 12.2. The number of carboxylic acids is 1. The number of hydrogen-bond donors (Lipinski definition) is 1. The highest BCUT2D eigenvalue weighted by atomic mass is 16.4. The van der Waals surface area contributed by atoms with E-state index in [2.05, 4.69) is 13.8 Å². The van der Waals surface area contributed by atoms with E-state index < -0.39 is 5.97 Å². The summed E-state index contributed by atoms with van der Waals surface area (Å²) in [5, 5.41) is 8.74. The SMILES string of the molecule is CCC(C)CN(CC)C(=O)c1ccc(C(=O)O)o1. The molecule has 0 radical (unpaired) electrons. The van der Waals surface area contributed by atoms with E-state index in [-0.39, 0.29) is 17.4 Å². The van der Waals surface area contributed by atoms with Gasteiger partial charge in [0.15, 0.2) is 5.76 Å². The van der Waals surface area contributed by atoms with Crippen LogP contribution in [0.25, 0.3) is 0 Å². The van der Waals surface area contributed by atoms with Gasteiger partial charge in [0, 0.05) is 13.1 Å². The van der Waals surface area contributed by atoms with Crippen molar-refractivity contribution in [3.63, 3.8) is 0 Å². The van der Waals surface area contributed by atoms with E-state index in [9.17, 15) is 9.59 Å². The number of carbonyl (C=O) groups is 2. The zero-order chi connectivity index (χ0) is 13.7. The Kier molecular flexibility index (Phi) is 4.95. The van der Waals surface area contributed by atoms with Crippen molar-refractivity contribution in [1.82, 2.24) is 4.90 Å². The average Bonchev–Trinajstić information content (AvgIpc) is 2.84. The molecule has 100 valence electrons. The van der Waals surface area contributed by atoms with Gasteiger partial charge >= 0.3 is 5.97 Å². The molecule has 0 aromatic carbocycles. The van der Waals surface area contributed by atoms with E-state index in [0.29, 0.717) is 19.0 Å². The second-order valence-corrected chi connectivity index (χ2v) is 4.33. The van der Waals surface area contributed by atoms with Crippen molar-refractivity contribution in [3.8, 4) is 0 Å². The molecule has 0 spiro atoms. The van der Waals surface area contributed by atoms with Crippen LogP contribution in [0.3, 0.4) is 0 Å². The molecule has 0 fully saturated rings. The summed E-state index contributed by atoms with van der Waals surface area (Å²) in [6.07, 6.45) is 0.988. The molecule has 0 aliphatic carbocycles. The van der Waals surface area contributed by atoms with Gasteiger partial charge in [0.2, 0.25) is 5.76 Å². The van der Waals surface area contributed by atoms with Crippen LogP contribution in [0.5, 0.6) is 0 Å². The largest absolute Gasteiger partial charge is 0.475 e. The fourth-order valence-corrected chi connectivity index (χ4v) is 1.58. The Morgan fingerprint density at radius 1 is 1.33 bits per heavy atom. The topological polar surface area (TPSA) is 70.8 Å². The maximum Gasteiger partial charge on any atom is 0.371 e. The molecule has 1 amide bonds. The summed E-state index contributed by atoms with van der Waals surface area (Å²) in [5.74, 6) is -1.15. The van der Waals surface area contributed by atoms with E-state index >= 15 is 0 Å². The number of amides is 1. The van der Waals surface area contributed by atoms with Crippen molar-refractivity contribution in [1.29, 1.82) is 0 Å². The predicted molar refractivity (Wildman–Crippen MR) is 66.7 cm³/mol. The zero-order valence-electron chi connectivity index (χ0n) is 11.0. The first-order chi connectivity index (χ1) is 8.49. The third-order valence-corrected chi connectivity index (χ3v) is 2.93. The van der Waals surface area contributed by atoms with E-state index in [1.165, 1.54) is 12.1 Å². The van der Waals surface area contributed by atoms with Gasteiger partial charge in [-0.25, -0.2) is 4.79 Å². The van der Waals surface area contributed by atoms with Gasteiger partial charge in [0.1, 0.15) is 0 Å². The Bertz CT molecular complexity index is 424. The molecule has 18 heavy (non-hydrogen) atoms. The second-order valence-electron chi connectivity index (χ2n) is 4.33. The van der Waals surface area contributed by atoms with Crippen LogP contribution in [0.4, 0.5) is 0 Å². The highest BCUT2D eigenvalue weighted by Crippen LogP contribution is 2.13. The first-order valence-corrected chi connectivity index (χ1v) is 6.11. The summed E-state index contributed by atoms with van der Waals surface area (Å²) < 4.78 is 5.01. The lowest BCUT2D eigenvalue weighted by atomic mass is 10.1. The maximum absolute atomic E-state index is 12.1. The van der Waals surface area contributed by atoms with Gasteiger partial charge in [-0.05, 0) is 25.0 Å². The Morgan fingerprint density at radius 3 is 2.39 bits per heavy atom. The van der Waals surface area contributed by atoms with Crippen molar-refractivity contribution >= 4 is 11.9 Å². The molecule has 1 atom stereocenters. The lowest BCUT2D eigenvalue weighted by Gasteiger charge is -2.22. The number of carbonyl (C=O) groups excluding carboxylic acids is 1. The summed E-state index contributed by atoms with van der Waals surface area (Å²) >= 11 is 0. The molecule has 0 saturated carbocycles. The van der Waals surface area contributed by atoms with E-state index in [0.717, 1.165) is 6.42 Å². The minimum absolute atomic E-state index is 0.0811. The van der Waals surface area contributed by atoms with Crippen molar-refractivity contribution < 1.29 is 19.1 Å². The lowest BCUT2D eigenvalue weighted by molar-refractivity contribution is 0.0647. The monoisotopic (exact) mass is 253 g/mol. The minimum atomic E-state index is -1.17. The number of carboxylic acid groups (broad SMARTS) is 1. The van der Waals surface area contributed by atoms with Gasteiger partial charge in [-0.1, -0.05) is 20.3 Å². The highest BCUT2D eigenvalue weighted by molar-refractivity contribution is 5.93. The molecule has 1 unspecified atom stereocenters. The van der Waals surface area contributed by atoms with Crippen LogP contribution in [0.2, 0.25) is 0 Å². The number of rotatable bonds is 6. The van der Waals surface area contributed by atoms with Gasteiger partial charge in [-0.2, -0.15) is 0 Å². The number of nitrogens with zero attached hydrogens (tertiary/aromatic N) is 1. The Balaban J connectivity index is 2.79. The Morgan fingerprint density at radius 2 is 1.94 bits per heavy atom. The van der Waals surface area contributed by atoms with Crippen molar-refractivity contribution in [2.75, 3.05) is 13.1 Å². The third kappa shape index (κ3) is 3.35. The Labute approximate surface area is 106 Å². The number of aromatic carboxylic acids is 1. The minimum Gasteiger partial charge on any atom is -0.475 e. The fourth-order valence-electron chi connectivity index (χ4n) is 1.58. The van der Waals surface area contributed by atoms with Gasteiger partial charge in [0.05, 0.1) is 0 Å². The van der Waals surface area contributed by atoms with Crippen LogP contribution >= 0.6 is 0 Å². The summed E-state index contributed by atoms with van der Waals surface area (Å²) in [7, 11) is 0. The molecular weight excluding hydrogens is 234 g/mol. The predicted octanol–water partition coefficient (Wildman–Crippen LogP) is 2.49. The van der Waals surface area contributed by atoms with Crippen molar-refractivity contribution in [2.45, 2.75) is 27.2 Å². The van der Waals surface area contributed by atoms with Gasteiger partial charge in [-0.3, -0.25) is 4.79 Å². The molecule has 0 aliphatic heterocycles. The van der Waals surface area contributed by atoms with Crippen LogP contribution in [0.15, 0.2) is 16.5 Å². The first-order valence-electron chi connectivity index (χ1n) is 6.11. The van der Waals surface area contributed by atoms with Crippen LogP contribution in [-0.2, 0) is 0 Å². The first kappa shape index (κ1) is 14.3. The molecule has 0 aliphatic rings. The standard InChI is InChI=1S/C13H19NO4/c1-4-9(3)8-14(5-2)12(15)10-6-7-11(18-10)13(16)17/h6-7,9H,4-5,8H2,1-3H3,(H,16,17). The van der Waals surface area contributed by atoms with Crippen LogP contribution < -0.4 is 0 Å². The third-order valence-electron chi connectivity index (χ3n) is 2.93. The number of hydrogen-bond acceptors (Lipinski definition) is 3. The smallest absolute Gasteiger partial charge is 0.371 e. The maximum atomic E-state index is 12.1. The molecule has 0 saturated heterocycles. The molecule has 1 N–H and O–H groups in total. The fraction of sp³-hybridized carbons (Fsp3) is 0.538. The summed E-state index contributed by atoms with van der Waals surface area (Å²) in [6.45, 7) is 7.25. The molecule has 1 heterocycles. The zero-order valence-corrected chi connectivity index (χ0v) is 11.0. The van der Waals surface area contributed by atoms with Crippen LogP contribution in [-0.4, -0.2) is 35.0 Å². The van der Waals surface area contributed by atoms with Gasteiger partial charge in [-0.15, -0.1) is 0 Å². The summed E-state index contributed by atoms with van der Waals surface area (Å²) in [4.78, 5) is 24.4. The molecule has 0 bridgehead atoms. The number of furan rings is 1. The highest BCUT2D eigenvalue weighted by Gasteiger charge is 2.20. The van der Waals surface area contributed by atoms with E-state index in [4.69, 9.17) is 9.52 Å². The average molecular weight is 253 g/mol. The molecule has 1 rings (SSSR count). The summed E-state index contributed by atoms with van der Waals surface area (Å²) in [5.41, 5.74) is 0. The molecular formula is C13H19NO4. The van der Waals surface area contributed by atoms with Crippen molar-refractivity contribution in [2.24, 2.45) is 5.92 Å². The quantitative estimate of drug-likeness (QED) is 0.845. The summed E-state index contributed by atoms with van der Waals surface area (Å²) in [6, 6.07) is 2.71. The van der Waals surface area contributed by atoms with Crippen LogP contribution in [0, 0.1) is 5.92 Å². The van der Waals surface area contributed by atoms with Gasteiger partial charge < -0.3 is 14.4 Å². The van der Waals surface area contributed by atoms with E-state index in [1.54, 1.807) is 4.90 Å². The van der Waals surface area contributed by atoms with Crippen LogP contribution in [0.1, 0.15) is 48.3 Å². The molecule has 5 heteroatoms.